The Morgan fingerprint density at radius 3 is 2.94 bits per heavy atom. The second kappa shape index (κ2) is 6.19. The van der Waals surface area contributed by atoms with Crippen LogP contribution in [0.5, 0.6) is 5.75 Å². The lowest BCUT2D eigenvalue weighted by molar-refractivity contribution is 0.412. The van der Waals surface area contributed by atoms with Gasteiger partial charge in [-0.25, -0.2) is 9.97 Å². The van der Waals surface area contributed by atoms with Crippen molar-refractivity contribution in [2.24, 2.45) is 0 Å². The minimum Gasteiger partial charge on any atom is -0.490 e. The van der Waals surface area contributed by atoms with Gasteiger partial charge in [-0.15, -0.1) is 12.3 Å². The molecule has 0 aromatic carbocycles. The summed E-state index contributed by atoms with van der Waals surface area (Å²) >= 11 is 5.88. The average molecular weight is 240 g/mol. The second-order valence-corrected chi connectivity index (χ2v) is 3.56. The zero-order valence-electron chi connectivity index (χ0n) is 9.33. The molecule has 0 saturated heterocycles. The van der Waals surface area contributed by atoms with Gasteiger partial charge in [0.2, 0.25) is 0 Å². The summed E-state index contributed by atoms with van der Waals surface area (Å²) in [4.78, 5) is 7.92. The van der Waals surface area contributed by atoms with Crippen molar-refractivity contribution >= 4 is 17.4 Å². The van der Waals surface area contributed by atoms with Gasteiger partial charge in [-0.1, -0.05) is 18.5 Å². The predicted octanol–water partition coefficient (Wildman–Crippen LogP) is 2.35. The first-order valence-electron chi connectivity index (χ1n) is 4.97. The fraction of sp³-hybridized carbons (Fsp3) is 0.455. The molecule has 1 aromatic heterocycles. The number of aromatic nitrogens is 2. The first kappa shape index (κ1) is 12.6. The summed E-state index contributed by atoms with van der Waals surface area (Å²) < 4.78 is 5.13. The third kappa shape index (κ3) is 3.01. The fourth-order valence-corrected chi connectivity index (χ4v) is 1.48. The van der Waals surface area contributed by atoms with Crippen LogP contribution in [-0.4, -0.2) is 23.1 Å². The number of nitrogens with one attached hydrogen (secondary N) is 1. The van der Waals surface area contributed by atoms with Crippen LogP contribution >= 0.6 is 11.6 Å². The van der Waals surface area contributed by atoms with E-state index < -0.39 is 0 Å². The van der Waals surface area contributed by atoms with Crippen LogP contribution < -0.4 is 10.1 Å². The van der Waals surface area contributed by atoms with Gasteiger partial charge >= 0.3 is 0 Å². The standard InChI is InChI=1S/C11H14ClN3O/c1-4-6-8(5-2)15-11-9(16-3)10(12)13-7-14-11/h1,7-8H,5-6H2,2-3H3,(H,13,14,15). The summed E-state index contributed by atoms with van der Waals surface area (Å²) in [5, 5.41) is 3.47. The van der Waals surface area contributed by atoms with Crippen LogP contribution in [0.25, 0.3) is 0 Å². The van der Waals surface area contributed by atoms with Crippen LogP contribution in [0.1, 0.15) is 19.8 Å². The van der Waals surface area contributed by atoms with E-state index in [9.17, 15) is 0 Å². The number of hydrogen-bond acceptors (Lipinski definition) is 4. The van der Waals surface area contributed by atoms with Gasteiger partial charge in [-0.3, -0.25) is 0 Å². The molecule has 1 heterocycles. The highest BCUT2D eigenvalue weighted by Crippen LogP contribution is 2.29. The van der Waals surface area contributed by atoms with Crippen molar-refractivity contribution in [2.75, 3.05) is 12.4 Å². The summed E-state index contributed by atoms with van der Waals surface area (Å²) in [7, 11) is 1.53. The maximum atomic E-state index is 5.88. The maximum absolute atomic E-state index is 5.88. The van der Waals surface area contributed by atoms with Crippen LogP contribution in [0.15, 0.2) is 6.33 Å². The Kier molecular flexibility index (Phi) is 4.87. The summed E-state index contributed by atoms with van der Waals surface area (Å²) in [6.45, 7) is 2.05. The van der Waals surface area contributed by atoms with Crippen LogP contribution in [0.3, 0.4) is 0 Å². The highest BCUT2D eigenvalue weighted by molar-refractivity contribution is 6.31. The van der Waals surface area contributed by atoms with Gasteiger partial charge in [0, 0.05) is 12.5 Å². The van der Waals surface area contributed by atoms with E-state index >= 15 is 0 Å². The fourth-order valence-electron chi connectivity index (χ4n) is 1.27. The molecule has 0 bridgehead atoms. The van der Waals surface area contributed by atoms with Gasteiger partial charge in [0.25, 0.3) is 0 Å². The topological polar surface area (TPSA) is 47.0 Å². The molecular weight excluding hydrogens is 226 g/mol. The molecule has 0 spiro atoms. The SMILES string of the molecule is C#CCC(CC)Nc1ncnc(Cl)c1OC. The third-order valence-corrected chi connectivity index (χ3v) is 2.43. The van der Waals surface area contributed by atoms with Crippen LogP contribution in [0, 0.1) is 12.3 Å². The average Bonchev–Trinajstić information content (AvgIpc) is 2.28. The zero-order chi connectivity index (χ0) is 12.0. The van der Waals surface area contributed by atoms with Gasteiger partial charge in [0.1, 0.15) is 6.33 Å². The van der Waals surface area contributed by atoms with Crippen molar-refractivity contribution in [3.05, 3.63) is 11.5 Å². The normalized spacial score (nSPS) is 11.6. The Labute approximate surface area is 100 Å². The molecule has 0 aliphatic rings. The van der Waals surface area contributed by atoms with Crippen LogP contribution in [0.2, 0.25) is 5.15 Å². The van der Waals surface area contributed by atoms with E-state index in [0.29, 0.717) is 18.0 Å². The highest BCUT2D eigenvalue weighted by Gasteiger charge is 2.13. The highest BCUT2D eigenvalue weighted by atomic mass is 35.5. The Balaban J connectivity index is 2.87. The van der Waals surface area contributed by atoms with Gasteiger partial charge in [-0.05, 0) is 6.42 Å². The van der Waals surface area contributed by atoms with E-state index in [2.05, 4.69) is 21.2 Å². The molecule has 1 N–H and O–H groups in total. The lowest BCUT2D eigenvalue weighted by atomic mass is 10.1. The van der Waals surface area contributed by atoms with Crippen molar-refractivity contribution in [3.8, 4) is 18.1 Å². The molecule has 0 radical (unpaired) electrons. The first-order chi connectivity index (χ1) is 7.72. The van der Waals surface area contributed by atoms with Crippen molar-refractivity contribution < 1.29 is 4.74 Å². The third-order valence-electron chi connectivity index (χ3n) is 2.16. The van der Waals surface area contributed by atoms with Crippen LogP contribution in [-0.2, 0) is 0 Å². The van der Waals surface area contributed by atoms with E-state index in [-0.39, 0.29) is 11.2 Å². The summed E-state index contributed by atoms with van der Waals surface area (Å²) in [6.07, 6.45) is 8.19. The smallest absolute Gasteiger partial charge is 0.198 e. The molecule has 1 aromatic rings. The number of ether oxygens (including phenoxy) is 1. The lowest BCUT2D eigenvalue weighted by Crippen LogP contribution is -2.19. The summed E-state index contributed by atoms with van der Waals surface area (Å²) in [5.74, 6) is 3.63. The van der Waals surface area contributed by atoms with E-state index in [1.165, 1.54) is 13.4 Å². The molecule has 1 unspecified atom stereocenters. The molecule has 16 heavy (non-hydrogen) atoms. The number of terminal acetylenes is 1. The Morgan fingerprint density at radius 1 is 1.62 bits per heavy atom. The number of methoxy groups -OCH3 is 1. The molecular formula is C11H14ClN3O. The van der Waals surface area contributed by atoms with Gasteiger partial charge in [0.05, 0.1) is 7.11 Å². The van der Waals surface area contributed by atoms with E-state index in [4.69, 9.17) is 22.8 Å². The monoisotopic (exact) mass is 239 g/mol. The van der Waals surface area contributed by atoms with E-state index in [1.807, 2.05) is 6.92 Å². The van der Waals surface area contributed by atoms with Crippen molar-refractivity contribution in [1.82, 2.24) is 9.97 Å². The van der Waals surface area contributed by atoms with Crippen LogP contribution in [0.4, 0.5) is 5.82 Å². The van der Waals surface area contributed by atoms with Crippen molar-refractivity contribution in [1.29, 1.82) is 0 Å². The molecule has 4 nitrogen and oxygen atoms in total. The van der Waals surface area contributed by atoms with Gasteiger partial charge in [-0.2, -0.15) is 0 Å². The number of hydrogen-bond donors (Lipinski definition) is 1. The molecule has 0 amide bonds. The molecule has 0 saturated carbocycles. The molecule has 0 fully saturated rings. The van der Waals surface area contributed by atoms with Gasteiger partial charge < -0.3 is 10.1 Å². The number of halogens is 1. The number of nitrogens with zero attached hydrogens (tertiary/aromatic N) is 2. The Hall–Kier alpha value is -1.47. The predicted molar refractivity (Wildman–Crippen MR) is 64.7 cm³/mol. The molecule has 1 rings (SSSR count). The molecule has 1 atom stereocenters. The molecule has 5 heteroatoms. The van der Waals surface area contributed by atoms with E-state index in [1.54, 1.807) is 0 Å². The lowest BCUT2D eigenvalue weighted by Gasteiger charge is -2.16. The minimum atomic E-state index is 0.157. The minimum absolute atomic E-state index is 0.157. The Bertz CT molecular complexity index is 389. The molecule has 0 aliphatic carbocycles. The molecule has 86 valence electrons. The summed E-state index contributed by atoms with van der Waals surface area (Å²) in [6, 6.07) is 0.157. The van der Waals surface area contributed by atoms with Crippen molar-refractivity contribution in [2.45, 2.75) is 25.8 Å². The second-order valence-electron chi connectivity index (χ2n) is 3.20. The van der Waals surface area contributed by atoms with E-state index in [0.717, 1.165) is 6.42 Å². The van der Waals surface area contributed by atoms with Crippen molar-refractivity contribution in [3.63, 3.8) is 0 Å². The zero-order valence-corrected chi connectivity index (χ0v) is 10.1. The largest absolute Gasteiger partial charge is 0.490 e. The summed E-state index contributed by atoms with van der Waals surface area (Å²) in [5.41, 5.74) is 0. The van der Waals surface area contributed by atoms with Gasteiger partial charge in [0.15, 0.2) is 16.7 Å². The molecule has 0 aliphatic heterocycles. The number of rotatable bonds is 5. The number of anilines is 1. The Morgan fingerprint density at radius 2 is 2.38 bits per heavy atom. The first-order valence-corrected chi connectivity index (χ1v) is 5.35. The maximum Gasteiger partial charge on any atom is 0.198 e. The quantitative estimate of drug-likeness (QED) is 0.633.